The van der Waals surface area contributed by atoms with Gasteiger partial charge in [-0.2, -0.15) is 0 Å². The summed E-state index contributed by atoms with van der Waals surface area (Å²) in [6, 6.07) is 17.3. The first-order valence-electron chi connectivity index (χ1n) is 12.7. The van der Waals surface area contributed by atoms with Crippen LogP contribution in [0.1, 0.15) is 27.0 Å². The van der Waals surface area contributed by atoms with Gasteiger partial charge in [0.15, 0.2) is 0 Å². The molecule has 8 heteroatoms. The molecule has 1 aliphatic rings. The second kappa shape index (κ2) is 12.8. The number of allylic oxidation sites excluding steroid dienone is 1. The number of nitrogens with one attached hydrogen (secondary N) is 2. The minimum Gasteiger partial charge on any atom is -0.405 e. The molecule has 2 aromatic carbocycles. The van der Waals surface area contributed by atoms with Crippen LogP contribution < -0.4 is 16.4 Å². The molecule has 0 saturated carbocycles. The van der Waals surface area contributed by atoms with Gasteiger partial charge < -0.3 is 21.3 Å². The van der Waals surface area contributed by atoms with Crippen LogP contribution in [0.2, 0.25) is 0 Å². The summed E-state index contributed by atoms with van der Waals surface area (Å²) in [6.45, 7) is 11.2. The summed E-state index contributed by atoms with van der Waals surface area (Å²) in [5.74, 6) is 0.277. The van der Waals surface area contributed by atoms with E-state index in [1.54, 1.807) is 18.5 Å². The van der Waals surface area contributed by atoms with Gasteiger partial charge in [-0.25, -0.2) is 4.99 Å². The first kappa shape index (κ1) is 26.8. The van der Waals surface area contributed by atoms with Crippen molar-refractivity contribution in [3.05, 3.63) is 114 Å². The van der Waals surface area contributed by atoms with E-state index in [9.17, 15) is 4.79 Å². The van der Waals surface area contributed by atoms with E-state index >= 15 is 0 Å². The normalized spacial score (nSPS) is 14.9. The molecular weight excluding hydrogens is 474 g/mol. The third-order valence-electron chi connectivity index (χ3n) is 6.46. The Balaban J connectivity index is 1.40. The number of nitrogens with zero attached hydrogens (tertiary/aromatic N) is 4. The van der Waals surface area contributed by atoms with Gasteiger partial charge in [0, 0.05) is 67.6 Å². The van der Waals surface area contributed by atoms with E-state index in [1.807, 2.05) is 61.5 Å². The van der Waals surface area contributed by atoms with Crippen LogP contribution in [-0.4, -0.2) is 59.6 Å². The highest BCUT2D eigenvalue weighted by Gasteiger charge is 2.14. The predicted octanol–water partition coefficient (Wildman–Crippen LogP) is 4.23. The zero-order valence-electron chi connectivity index (χ0n) is 22.0. The van der Waals surface area contributed by atoms with E-state index in [-0.39, 0.29) is 5.91 Å². The van der Waals surface area contributed by atoms with Gasteiger partial charge in [-0.05, 0) is 73.8 Å². The molecule has 1 aromatic heterocycles. The number of amides is 1. The number of carbonyl (C=O) groups excluding carboxylic acids is 1. The summed E-state index contributed by atoms with van der Waals surface area (Å²) in [5, 5.41) is 6.23. The smallest absolute Gasteiger partial charge is 0.255 e. The molecule has 0 spiro atoms. The van der Waals surface area contributed by atoms with Crippen molar-refractivity contribution in [2.45, 2.75) is 13.5 Å². The fourth-order valence-electron chi connectivity index (χ4n) is 4.20. The zero-order chi connectivity index (χ0) is 26.9. The second-order valence-electron chi connectivity index (χ2n) is 9.43. The Bertz CT molecular complexity index is 1310. The molecule has 0 radical (unpaired) electrons. The highest BCUT2D eigenvalue weighted by atomic mass is 16.1. The number of hydrogen-bond acceptors (Lipinski definition) is 7. The minimum atomic E-state index is -0.158. The number of carbonyl (C=O) groups is 1. The van der Waals surface area contributed by atoms with Crippen LogP contribution in [0, 0.1) is 6.92 Å². The molecule has 8 nitrogen and oxygen atoms in total. The van der Waals surface area contributed by atoms with Gasteiger partial charge in [0.05, 0.1) is 5.71 Å². The van der Waals surface area contributed by atoms with Gasteiger partial charge >= 0.3 is 0 Å². The van der Waals surface area contributed by atoms with E-state index < -0.39 is 0 Å². The third kappa shape index (κ3) is 7.38. The number of benzene rings is 2. The quantitative estimate of drug-likeness (QED) is 0.373. The lowest BCUT2D eigenvalue weighted by Crippen LogP contribution is -2.43. The number of aryl methyl sites for hydroxylation is 1. The van der Waals surface area contributed by atoms with Gasteiger partial charge in [0.25, 0.3) is 5.91 Å². The van der Waals surface area contributed by atoms with Crippen LogP contribution in [0.3, 0.4) is 0 Å². The van der Waals surface area contributed by atoms with Crippen LogP contribution in [0.15, 0.2) is 96.7 Å². The molecule has 38 heavy (non-hydrogen) atoms. The van der Waals surface area contributed by atoms with Crippen molar-refractivity contribution in [2.75, 3.05) is 43.9 Å². The zero-order valence-corrected chi connectivity index (χ0v) is 22.0. The van der Waals surface area contributed by atoms with Crippen molar-refractivity contribution in [3.8, 4) is 0 Å². The Kier molecular flexibility index (Phi) is 9.02. The van der Waals surface area contributed by atoms with E-state index in [2.05, 4.69) is 44.0 Å². The van der Waals surface area contributed by atoms with Gasteiger partial charge in [0.1, 0.15) is 5.82 Å². The fraction of sp³-hybridized carbons (Fsp3) is 0.233. The first-order chi connectivity index (χ1) is 18.4. The number of aliphatic imine (C=N–C) groups is 1. The van der Waals surface area contributed by atoms with E-state index in [0.29, 0.717) is 22.8 Å². The number of piperazine rings is 1. The monoisotopic (exact) mass is 509 g/mol. The van der Waals surface area contributed by atoms with Gasteiger partial charge in [-0.15, -0.1) is 0 Å². The second-order valence-corrected chi connectivity index (χ2v) is 9.43. The molecule has 1 amide bonds. The SMILES string of the molecule is C=C(N=C(/C=C\N)c1cccnc1)Nc1cc(NC(=O)c2ccc(CN3CCN(C)CC3)cc2)ccc1C. The van der Waals surface area contributed by atoms with Crippen LogP contribution in [0.25, 0.3) is 0 Å². The maximum atomic E-state index is 12.9. The maximum Gasteiger partial charge on any atom is 0.255 e. The summed E-state index contributed by atoms with van der Waals surface area (Å²) in [7, 11) is 2.16. The van der Waals surface area contributed by atoms with Crippen molar-refractivity contribution in [3.63, 3.8) is 0 Å². The predicted molar refractivity (Wildman–Crippen MR) is 155 cm³/mol. The van der Waals surface area contributed by atoms with Gasteiger partial charge in [0.2, 0.25) is 0 Å². The lowest BCUT2D eigenvalue weighted by molar-refractivity contribution is 0.102. The Morgan fingerprint density at radius 3 is 2.53 bits per heavy atom. The number of rotatable bonds is 9. The Morgan fingerprint density at radius 1 is 1.08 bits per heavy atom. The Morgan fingerprint density at radius 2 is 1.84 bits per heavy atom. The van der Waals surface area contributed by atoms with E-state index in [0.717, 1.165) is 49.5 Å². The highest BCUT2D eigenvalue weighted by Crippen LogP contribution is 2.23. The number of anilines is 2. The topological polar surface area (TPSA) is 98.9 Å². The largest absolute Gasteiger partial charge is 0.405 e. The molecule has 1 aliphatic heterocycles. The molecule has 3 aromatic rings. The average molecular weight is 510 g/mol. The molecule has 0 unspecified atom stereocenters. The Labute approximate surface area is 224 Å². The molecule has 1 fully saturated rings. The summed E-state index contributed by atoms with van der Waals surface area (Å²) in [4.78, 5) is 26.4. The molecule has 0 aliphatic carbocycles. The fourth-order valence-corrected chi connectivity index (χ4v) is 4.20. The van der Waals surface area contributed by atoms with E-state index in [1.165, 1.54) is 11.8 Å². The number of nitrogens with two attached hydrogens (primary N) is 1. The lowest BCUT2D eigenvalue weighted by Gasteiger charge is -2.32. The number of hydrogen-bond donors (Lipinski definition) is 3. The van der Waals surface area contributed by atoms with Crippen molar-refractivity contribution < 1.29 is 4.79 Å². The number of aromatic nitrogens is 1. The minimum absolute atomic E-state index is 0.158. The van der Waals surface area contributed by atoms with Crippen molar-refractivity contribution in [1.82, 2.24) is 14.8 Å². The summed E-state index contributed by atoms with van der Waals surface area (Å²) in [6.07, 6.45) is 6.54. The molecular formula is C30H35N7O. The lowest BCUT2D eigenvalue weighted by atomic mass is 10.1. The highest BCUT2D eigenvalue weighted by molar-refractivity contribution is 6.09. The van der Waals surface area contributed by atoms with Crippen LogP contribution in [-0.2, 0) is 6.54 Å². The molecule has 1 saturated heterocycles. The van der Waals surface area contributed by atoms with Gasteiger partial charge in [-0.3, -0.25) is 14.7 Å². The van der Waals surface area contributed by atoms with Crippen molar-refractivity contribution in [2.24, 2.45) is 10.7 Å². The molecule has 2 heterocycles. The van der Waals surface area contributed by atoms with Gasteiger partial charge in [-0.1, -0.05) is 24.8 Å². The summed E-state index contributed by atoms with van der Waals surface area (Å²) in [5.41, 5.74) is 11.4. The first-order valence-corrected chi connectivity index (χ1v) is 12.7. The van der Waals surface area contributed by atoms with Crippen LogP contribution in [0.5, 0.6) is 0 Å². The third-order valence-corrected chi connectivity index (χ3v) is 6.46. The summed E-state index contributed by atoms with van der Waals surface area (Å²) >= 11 is 0. The maximum absolute atomic E-state index is 12.9. The average Bonchev–Trinajstić information content (AvgIpc) is 2.92. The Hall–Kier alpha value is -4.27. The number of likely N-dealkylation sites (N-methyl/N-ethyl adjacent to an activating group) is 1. The van der Waals surface area contributed by atoms with Crippen molar-refractivity contribution >= 4 is 23.0 Å². The molecule has 4 rings (SSSR count). The molecule has 196 valence electrons. The van der Waals surface area contributed by atoms with Crippen LogP contribution in [0.4, 0.5) is 11.4 Å². The molecule has 0 atom stereocenters. The standard InChI is InChI=1S/C30H35N7O/c1-22-6-11-27(19-29(22)34-23(2)33-28(12-13-31)26-5-4-14-32-20-26)35-30(38)25-9-7-24(8-10-25)21-37-17-15-36(3)16-18-37/h4-14,19-20,34H,2,15-18,21,31H2,1,3H3,(H,35,38)/b13-12-,33-28?. The van der Waals surface area contributed by atoms with Crippen LogP contribution >= 0.6 is 0 Å². The summed E-state index contributed by atoms with van der Waals surface area (Å²) < 4.78 is 0. The molecule has 0 bridgehead atoms. The number of pyridine rings is 1. The van der Waals surface area contributed by atoms with E-state index in [4.69, 9.17) is 5.73 Å². The molecule has 4 N–H and O–H groups in total. The van der Waals surface area contributed by atoms with Crippen molar-refractivity contribution in [1.29, 1.82) is 0 Å².